The molecule has 0 unspecified atom stereocenters. The van der Waals surface area contributed by atoms with Crippen molar-refractivity contribution in [2.75, 3.05) is 16.9 Å². The maximum Gasteiger partial charge on any atom is 0.248 e. The average molecular weight is 346 g/mol. The standard InChI is InChI=1S/C17H18N2O2S2/c1-2-16(20)19-11-22-10-14(19)17(21)18-13-7-4-3-6-12(13)15-8-5-9-23-15/h3-9,14H,2,10-11H2,1H3,(H,18,21)/t14-/m1/s1. The number of rotatable bonds is 4. The van der Waals surface area contributed by atoms with E-state index in [4.69, 9.17) is 0 Å². The summed E-state index contributed by atoms with van der Waals surface area (Å²) in [6.07, 6.45) is 0.427. The van der Waals surface area contributed by atoms with Crippen LogP contribution in [0.25, 0.3) is 10.4 Å². The fraction of sp³-hybridized carbons (Fsp3) is 0.294. The van der Waals surface area contributed by atoms with E-state index in [2.05, 4.69) is 5.32 Å². The molecule has 3 rings (SSSR count). The molecule has 2 heterocycles. The third-order valence-electron chi connectivity index (χ3n) is 3.78. The molecule has 0 saturated carbocycles. The lowest BCUT2D eigenvalue weighted by molar-refractivity contribution is -0.135. The van der Waals surface area contributed by atoms with Gasteiger partial charge in [0.05, 0.1) is 5.88 Å². The normalized spacial score (nSPS) is 17.3. The van der Waals surface area contributed by atoms with E-state index in [9.17, 15) is 9.59 Å². The van der Waals surface area contributed by atoms with Gasteiger partial charge < -0.3 is 10.2 Å². The second-order valence-electron chi connectivity index (χ2n) is 5.24. The van der Waals surface area contributed by atoms with E-state index in [1.165, 1.54) is 0 Å². The molecule has 2 aromatic rings. The highest BCUT2D eigenvalue weighted by atomic mass is 32.2. The van der Waals surface area contributed by atoms with Crippen molar-refractivity contribution in [3.63, 3.8) is 0 Å². The lowest BCUT2D eigenvalue weighted by Gasteiger charge is -2.23. The number of hydrogen-bond acceptors (Lipinski definition) is 4. The van der Waals surface area contributed by atoms with Gasteiger partial charge in [-0.2, -0.15) is 0 Å². The molecule has 0 radical (unpaired) electrons. The largest absolute Gasteiger partial charge is 0.324 e. The topological polar surface area (TPSA) is 49.4 Å². The molecule has 1 fully saturated rings. The van der Waals surface area contributed by atoms with Gasteiger partial charge in [0.1, 0.15) is 6.04 Å². The smallest absolute Gasteiger partial charge is 0.248 e. The Labute approximate surface area is 143 Å². The number of carbonyl (C=O) groups is 2. The van der Waals surface area contributed by atoms with Crippen LogP contribution < -0.4 is 5.32 Å². The van der Waals surface area contributed by atoms with Gasteiger partial charge in [-0.1, -0.05) is 31.2 Å². The molecule has 23 heavy (non-hydrogen) atoms. The number of thioether (sulfide) groups is 1. The average Bonchev–Trinajstić information content (AvgIpc) is 3.26. The lowest BCUT2D eigenvalue weighted by Crippen LogP contribution is -2.44. The van der Waals surface area contributed by atoms with Gasteiger partial charge in [-0.25, -0.2) is 0 Å². The Bertz CT molecular complexity index is 700. The van der Waals surface area contributed by atoms with Crippen LogP contribution in [0.15, 0.2) is 41.8 Å². The molecule has 1 aromatic heterocycles. The molecule has 1 N–H and O–H groups in total. The number of amides is 2. The molecule has 0 bridgehead atoms. The van der Waals surface area contributed by atoms with Gasteiger partial charge in [-0.05, 0) is 17.5 Å². The van der Waals surface area contributed by atoms with Gasteiger partial charge >= 0.3 is 0 Å². The van der Waals surface area contributed by atoms with Gasteiger partial charge in [0, 0.05) is 28.3 Å². The Kier molecular flexibility index (Phi) is 5.03. The highest BCUT2D eigenvalue weighted by molar-refractivity contribution is 7.99. The summed E-state index contributed by atoms with van der Waals surface area (Å²) in [7, 11) is 0. The first kappa shape index (κ1) is 16.1. The zero-order valence-electron chi connectivity index (χ0n) is 12.8. The Balaban J connectivity index is 1.80. The first-order valence-corrected chi connectivity index (χ1v) is 9.55. The minimum absolute atomic E-state index is 0.0293. The van der Waals surface area contributed by atoms with Crippen LogP contribution >= 0.6 is 23.1 Å². The Morgan fingerprint density at radius 1 is 1.26 bits per heavy atom. The summed E-state index contributed by atoms with van der Waals surface area (Å²) in [5.41, 5.74) is 1.80. The molecule has 120 valence electrons. The van der Waals surface area contributed by atoms with Crippen LogP contribution in [0.4, 0.5) is 5.69 Å². The van der Waals surface area contributed by atoms with Gasteiger partial charge in [0.15, 0.2) is 0 Å². The Morgan fingerprint density at radius 2 is 2.09 bits per heavy atom. The second-order valence-corrected chi connectivity index (χ2v) is 7.19. The second kappa shape index (κ2) is 7.19. The van der Waals surface area contributed by atoms with E-state index < -0.39 is 0 Å². The van der Waals surface area contributed by atoms with E-state index in [1.54, 1.807) is 28.0 Å². The predicted molar refractivity (Wildman–Crippen MR) is 96.6 cm³/mol. The van der Waals surface area contributed by atoms with Crippen molar-refractivity contribution in [1.82, 2.24) is 4.90 Å². The lowest BCUT2D eigenvalue weighted by atomic mass is 10.1. The summed E-state index contributed by atoms with van der Waals surface area (Å²) in [6, 6.07) is 11.4. The Morgan fingerprint density at radius 3 is 2.83 bits per heavy atom. The third kappa shape index (κ3) is 3.43. The SMILES string of the molecule is CCC(=O)N1CSC[C@@H]1C(=O)Nc1ccccc1-c1cccs1. The van der Waals surface area contributed by atoms with Crippen molar-refractivity contribution >= 4 is 40.6 Å². The van der Waals surface area contributed by atoms with E-state index >= 15 is 0 Å². The van der Waals surface area contributed by atoms with Gasteiger partial charge in [0.25, 0.3) is 0 Å². The zero-order chi connectivity index (χ0) is 16.2. The van der Waals surface area contributed by atoms with Gasteiger partial charge in [-0.15, -0.1) is 23.1 Å². The molecule has 1 atom stereocenters. The fourth-order valence-corrected chi connectivity index (χ4v) is 4.51. The number of anilines is 1. The molecule has 4 nitrogen and oxygen atoms in total. The highest BCUT2D eigenvalue weighted by Gasteiger charge is 2.34. The molecule has 1 aliphatic rings. The van der Waals surface area contributed by atoms with Crippen molar-refractivity contribution in [2.45, 2.75) is 19.4 Å². The predicted octanol–water partition coefficient (Wildman–Crippen LogP) is 3.67. The monoisotopic (exact) mass is 346 g/mol. The maximum absolute atomic E-state index is 12.7. The van der Waals surface area contributed by atoms with E-state index in [0.717, 1.165) is 16.1 Å². The van der Waals surface area contributed by atoms with Crippen LogP contribution in [0.5, 0.6) is 0 Å². The number of carbonyl (C=O) groups excluding carboxylic acids is 2. The van der Waals surface area contributed by atoms with E-state index in [0.29, 0.717) is 18.1 Å². The maximum atomic E-state index is 12.7. The number of para-hydroxylation sites is 1. The summed E-state index contributed by atoms with van der Waals surface area (Å²) >= 11 is 3.26. The number of hydrogen-bond donors (Lipinski definition) is 1. The van der Waals surface area contributed by atoms with Gasteiger partial charge in [-0.3, -0.25) is 9.59 Å². The quantitative estimate of drug-likeness (QED) is 0.919. The number of nitrogens with zero attached hydrogens (tertiary/aromatic N) is 1. The molecular formula is C17H18N2O2S2. The minimum atomic E-state index is -0.385. The van der Waals surface area contributed by atoms with Crippen LogP contribution in [0.1, 0.15) is 13.3 Å². The summed E-state index contributed by atoms with van der Waals surface area (Å²) in [6.45, 7) is 1.83. The van der Waals surface area contributed by atoms with Crippen LogP contribution in [-0.4, -0.2) is 34.4 Å². The van der Waals surface area contributed by atoms with E-state index in [1.807, 2.05) is 48.7 Å². The number of thiophene rings is 1. The van der Waals surface area contributed by atoms with Gasteiger partial charge in [0.2, 0.25) is 11.8 Å². The molecule has 0 spiro atoms. The van der Waals surface area contributed by atoms with Crippen molar-refractivity contribution in [1.29, 1.82) is 0 Å². The molecule has 2 amide bonds. The van der Waals surface area contributed by atoms with Crippen molar-refractivity contribution in [3.05, 3.63) is 41.8 Å². The van der Waals surface area contributed by atoms with Crippen LogP contribution in [0.3, 0.4) is 0 Å². The number of benzene rings is 1. The minimum Gasteiger partial charge on any atom is -0.324 e. The molecular weight excluding hydrogens is 328 g/mol. The van der Waals surface area contributed by atoms with Crippen LogP contribution in [0.2, 0.25) is 0 Å². The van der Waals surface area contributed by atoms with Crippen LogP contribution in [0, 0.1) is 0 Å². The molecule has 1 saturated heterocycles. The summed E-state index contributed by atoms with van der Waals surface area (Å²) in [5, 5.41) is 5.03. The summed E-state index contributed by atoms with van der Waals surface area (Å²) in [4.78, 5) is 27.4. The molecule has 1 aromatic carbocycles. The fourth-order valence-electron chi connectivity index (χ4n) is 2.56. The summed E-state index contributed by atoms with van der Waals surface area (Å²) < 4.78 is 0. The first-order valence-electron chi connectivity index (χ1n) is 7.51. The molecule has 6 heteroatoms. The zero-order valence-corrected chi connectivity index (χ0v) is 14.5. The molecule has 1 aliphatic heterocycles. The molecule has 0 aliphatic carbocycles. The van der Waals surface area contributed by atoms with Crippen molar-refractivity contribution < 1.29 is 9.59 Å². The number of nitrogens with one attached hydrogen (secondary N) is 1. The van der Waals surface area contributed by atoms with Crippen LogP contribution in [-0.2, 0) is 9.59 Å². The van der Waals surface area contributed by atoms with Crippen molar-refractivity contribution in [3.8, 4) is 10.4 Å². The van der Waals surface area contributed by atoms with E-state index in [-0.39, 0.29) is 17.9 Å². The highest BCUT2D eigenvalue weighted by Crippen LogP contribution is 2.32. The summed E-state index contributed by atoms with van der Waals surface area (Å²) in [5.74, 6) is 1.17. The van der Waals surface area contributed by atoms with Crippen molar-refractivity contribution in [2.24, 2.45) is 0 Å². The third-order valence-corrected chi connectivity index (χ3v) is 5.69. The first-order chi connectivity index (χ1) is 11.2. The Hall–Kier alpha value is -1.79.